The lowest BCUT2D eigenvalue weighted by molar-refractivity contribution is 0.0950. The number of hydrogen-bond donors (Lipinski definition) is 2. The zero-order valence-electron chi connectivity index (χ0n) is 17.8. The number of halogens is 1. The molecule has 4 rings (SSSR count). The number of aromatic nitrogens is 2. The number of benzene rings is 3. The van der Waals surface area contributed by atoms with Crippen molar-refractivity contribution in [2.45, 2.75) is 6.61 Å². The molecule has 0 aliphatic rings. The first-order valence-corrected chi connectivity index (χ1v) is 10.5. The van der Waals surface area contributed by atoms with Gasteiger partial charge in [0.25, 0.3) is 5.91 Å². The minimum absolute atomic E-state index is 0.293. The number of para-hydroxylation sites is 1. The molecule has 0 fully saturated rings. The van der Waals surface area contributed by atoms with Crippen LogP contribution in [0.3, 0.4) is 0 Å². The molecule has 33 heavy (non-hydrogen) atoms. The third kappa shape index (κ3) is 5.58. The van der Waals surface area contributed by atoms with E-state index >= 15 is 0 Å². The van der Waals surface area contributed by atoms with E-state index in [9.17, 15) is 4.79 Å². The van der Waals surface area contributed by atoms with Gasteiger partial charge in [-0.2, -0.15) is 10.2 Å². The molecule has 4 aromatic rings. The molecular weight excluding hydrogens is 440 g/mol. The number of methoxy groups -OCH3 is 1. The van der Waals surface area contributed by atoms with Gasteiger partial charge in [-0.3, -0.25) is 9.89 Å². The van der Waals surface area contributed by atoms with Gasteiger partial charge in [0, 0.05) is 21.7 Å². The summed E-state index contributed by atoms with van der Waals surface area (Å²) >= 11 is 6.16. The molecule has 0 spiro atoms. The number of carbonyl (C=O) groups is 1. The van der Waals surface area contributed by atoms with Gasteiger partial charge >= 0.3 is 0 Å². The minimum atomic E-state index is -0.403. The summed E-state index contributed by atoms with van der Waals surface area (Å²) in [6.07, 6.45) is 1.52. The fourth-order valence-corrected chi connectivity index (χ4v) is 3.27. The summed E-state index contributed by atoms with van der Waals surface area (Å²) in [5, 5.41) is 11.6. The second-order valence-corrected chi connectivity index (χ2v) is 7.42. The van der Waals surface area contributed by atoms with Gasteiger partial charge in [0.15, 0.2) is 0 Å². The van der Waals surface area contributed by atoms with Crippen LogP contribution < -0.4 is 14.9 Å². The van der Waals surface area contributed by atoms with E-state index in [-0.39, 0.29) is 0 Å². The fraction of sp³-hybridized carbons (Fsp3) is 0.0800. The van der Waals surface area contributed by atoms with Crippen molar-refractivity contribution in [2.75, 3.05) is 7.11 Å². The number of H-pyrrole nitrogens is 1. The normalized spacial score (nSPS) is 10.8. The highest BCUT2D eigenvalue weighted by Crippen LogP contribution is 2.23. The molecule has 166 valence electrons. The molecule has 1 heterocycles. The van der Waals surface area contributed by atoms with E-state index in [0.717, 1.165) is 16.7 Å². The topological polar surface area (TPSA) is 88.6 Å². The van der Waals surface area contributed by atoms with Crippen molar-refractivity contribution in [3.8, 4) is 22.8 Å². The van der Waals surface area contributed by atoms with Gasteiger partial charge in [-0.05, 0) is 48.5 Å². The van der Waals surface area contributed by atoms with Crippen molar-refractivity contribution in [2.24, 2.45) is 5.10 Å². The second kappa shape index (κ2) is 10.5. The van der Waals surface area contributed by atoms with Gasteiger partial charge in [0.1, 0.15) is 23.8 Å². The molecule has 7 nitrogen and oxygen atoms in total. The molecule has 0 aliphatic carbocycles. The fourth-order valence-electron chi connectivity index (χ4n) is 3.08. The lowest BCUT2D eigenvalue weighted by Gasteiger charge is -2.08. The summed E-state index contributed by atoms with van der Waals surface area (Å²) < 4.78 is 11.1. The van der Waals surface area contributed by atoms with Crippen molar-refractivity contribution in [3.63, 3.8) is 0 Å². The van der Waals surface area contributed by atoms with Gasteiger partial charge in [0.2, 0.25) is 0 Å². The van der Waals surface area contributed by atoms with E-state index in [1.807, 2.05) is 72.8 Å². The number of hydrazone groups is 1. The number of hydrogen-bond acceptors (Lipinski definition) is 5. The van der Waals surface area contributed by atoms with Crippen molar-refractivity contribution < 1.29 is 14.3 Å². The van der Waals surface area contributed by atoms with Crippen LogP contribution in [0.5, 0.6) is 11.5 Å². The molecule has 1 aromatic heterocycles. The molecular formula is C25H21ClN4O3. The molecule has 2 N–H and O–H groups in total. The van der Waals surface area contributed by atoms with Crippen molar-refractivity contribution in [3.05, 3.63) is 101 Å². The predicted molar refractivity (Wildman–Crippen MR) is 128 cm³/mol. The lowest BCUT2D eigenvalue weighted by Crippen LogP contribution is -2.18. The van der Waals surface area contributed by atoms with E-state index in [1.165, 1.54) is 6.21 Å². The standard InChI is InChI=1S/C25H21ClN4O3/c1-32-24-9-5-3-6-18(24)15-27-30-25(31)23-14-22(28-29-23)17-10-12-20(13-11-17)33-16-19-7-2-4-8-21(19)26/h2-15H,16H2,1H3,(H,28,29)(H,30,31). The van der Waals surface area contributed by atoms with Crippen LogP contribution in [0.4, 0.5) is 0 Å². The maximum atomic E-state index is 12.4. The number of aromatic amines is 1. The Morgan fingerprint density at radius 3 is 2.64 bits per heavy atom. The molecule has 0 radical (unpaired) electrons. The third-order valence-corrected chi connectivity index (χ3v) is 5.20. The summed E-state index contributed by atoms with van der Waals surface area (Å²) in [6.45, 7) is 0.376. The first kappa shape index (κ1) is 22.1. The number of carbonyl (C=O) groups excluding carboxylic acids is 1. The Morgan fingerprint density at radius 1 is 1.09 bits per heavy atom. The summed E-state index contributed by atoms with van der Waals surface area (Å²) in [6, 6.07) is 24.0. The molecule has 0 aliphatic heterocycles. The second-order valence-electron chi connectivity index (χ2n) is 7.01. The van der Waals surface area contributed by atoms with Gasteiger partial charge in [-0.25, -0.2) is 5.43 Å². The van der Waals surface area contributed by atoms with Crippen LogP contribution in [-0.4, -0.2) is 29.4 Å². The number of nitrogens with zero attached hydrogens (tertiary/aromatic N) is 2. The quantitative estimate of drug-likeness (QED) is 0.283. The SMILES string of the molecule is COc1ccccc1C=NNC(=O)c1cc(-c2ccc(OCc3ccccc3Cl)cc2)n[nH]1. The molecule has 8 heteroatoms. The molecule has 0 bridgehead atoms. The third-order valence-electron chi connectivity index (χ3n) is 4.83. The molecule has 1 amide bonds. The number of rotatable bonds is 8. The summed E-state index contributed by atoms with van der Waals surface area (Å²) in [7, 11) is 1.58. The average molecular weight is 461 g/mol. The van der Waals surface area contributed by atoms with Gasteiger partial charge in [0.05, 0.1) is 19.0 Å². The smallest absolute Gasteiger partial charge is 0.289 e. The summed E-state index contributed by atoms with van der Waals surface area (Å²) in [5.41, 5.74) is 5.92. The summed E-state index contributed by atoms with van der Waals surface area (Å²) in [5.74, 6) is 0.969. The lowest BCUT2D eigenvalue weighted by atomic mass is 10.1. The van der Waals surface area contributed by atoms with Crippen molar-refractivity contribution in [1.82, 2.24) is 15.6 Å². The van der Waals surface area contributed by atoms with Crippen LogP contribution in [0, 0.1) is 0 Å². The minimum Gasteiger partial charge on any atom is -0.496 e. The molecule has 0 saturated heterocycles. The number of nitrogens with one attached hydrogen (secondary N) is 2. The van der Waals surface area contributed by atoms with E-state index in [1.54, 1.807) is 13.2 Å². The van der Waals surface area contributed by atoms with E-state index < -0.39 is 5.91 Å². The Kier molecular flexibility index (Phi) is 7.02. The highest BCUT2D eigenvalue weighted by molar-refractivity contribution is 6.31. The number of ether oxygens (including phenoxy) is 2. The highest BCUT2D eigenvalue weighted by atomic mass is 35.5. The van der Waals surface area contributed by atoms with Crippen LogP contribution in [0.2, 0.25) is 5.02 Å². The maximum absolute atomic E-state index is 12.4. The van der Waals surface area contributed by atoms with Crippen molar-refractivity contribution in [1.29, 1.82) is 0 Å². The van der Waals surface area contributed by atoms with Crippen LogP contribution in [0.1, 0.15) is 21.6 Å². The van der Waals surface area contributed by atoms with E-state index in [2.05, 4.69) is 20.7 Å². The Bertz CT molecular complexity index is 1270. The largest absolute Gasteiger partial charge is 0.496 e. The Morgan fingerprint density at radius 2 is 1.85 bits per heavy atom. The maximum Gasteiger partial charge on any atom is 0.289 e. The Labute approximate surface area is 196 Å². The number of amides is 1. The average Bonchev–Trinajstić information content (AvgIpc) is 3.35. The van der Waals surface area contributed by atoms with E-state index in [4.69, 9.17) is 21.1 Å². The molecule has 0 saturated carbocycles. The predicted octanol–water partition coefficient (Wildman–Crippen LogP) is 5.08. The van der Waals surface area contributed by atoms with Crippen molar-refractivity contribution >= 4 is 23.7 Å². The molecule has 0 unspecified atom stereocenters. The first-order chi connectivity index (χ1) is 16.1. The first-order valence-electron chi connectivity index (χ1n) is 10.1. The molecule has 0 atom stereocenters. The van der Waals surface area contributed by atoms with Crippen LogP contribution in [-0.2, 0) is 6.61 Å². The van der Waals surface area contributed by atoms with Crippen LogP contribution in [0.25, 0.3) is 11.3 Å². The Balaban J connectivity index is 1.36. The van der Waals surface area contributed by atoms with E-state index in [0.29, 0.717) is 34.5 Å². The van der Waals surface area contributed by atoms with Gasteiger partial charge in [-0.1, -0.05) is 41.9 Å². The summed E-state index contributed by atoms with van der Waals surface area (Å²) in [4.78, 5) is 12.4. The monoisotopic (exact) mass is 460 g/mol. The zero-order valence-corrected chi connectivity index (χ0v) is 18.5. The molecule has 3 aromatic carbocycles. The van der Waals surface area contributed by atoms with Crippen LogP contribution in [0.15, 0.2) is 84.0 Å². The highest BCUT2D eigenvalue weighted by Gasteiger charge is 2.11. The Hall–Kier alpha value is -4.10. The van der Waals surface area contributed by atoms with Crippen LogP contribution >= 0.6 is 11.6 Å². The van der Waals surface area contributed by atoms with Gasteiger partial charge in [-0.15, -0.1) is 0 Å². The zero-order chi connectivity index (χ0) is 23.0. The van der Waals surface area contributed by atoms with Gasteiger partial charge < -0.3 is 9.47 Å².